The van der Waals surface area contributed by atoms with E-state index in [0.717, 1.165) is 47.8 Å². The summed E-state index contributed by atoms with van der Waals surface area (Å²) >= 11 is 0. The molecule has 0 radical (unpaired) electrons. The van der Waals surface area contributed by atoms with Crippen molar-refractivity contribution in [2.75, 3.05) is 56.4 Å². The lowest BCUT2D eigenvalue weighted by Crippen LogP contribution is -2.34. The van der Waals surface area contributed by atoms with Gasteiger partial charge in [-0.3, -0.25) is 9.59 Å². The van der Waals surface area contributed by atoms with Crippen LogP contribution in [-0.2, 0) is 0 Å². The van der Waals surface area contributed by atoms with E-state index in [2.05, 4.69) is 29.3 Å². The molecule has 1 N–H and O–H groups in total. The summed E-state index contributed by atoms with van der Waals surface area (Å²) in [7, 11) is 7.85. The largest absolute Gasteiger partial charge is 0.342 e. The molecule has 36 heavy (non-hydrogen) atoms. The summed E-state index contributed by atoms with van der Waals surface area (Å²) in [5.74, 6) is 0.672. The van der Waals surface area contributed by atoms with E-state index < -0.39 is 0 Å². The number of amides is 2. The lowest BCUT2D eigenvalue weighted by molar-refractivity contribution is 0.0782. The van der Waals surface area contributed by atoms with Crippen LogP contribution in [0.15, 0.2) is 54.7 Å². The minimum absolute atomic E-state index is 0.0651. The summed E-state index contributed by atoms with van der Waals surface area (Å²) in [6.07, 6.45) is 2.72. The Balaban J connectivity index is 1.39. The monoisotopic (exact) mass is 484 g/mol. The molecule has 1 atom stereocenters. The van der Waals surface area contributed by atoms with Crippen molar-refractivity contribution < 1.29 is 9.59 Å². The zero-order valence-electron chi connectivity index (χ0n) is 21.4. The molecule has 3 aromatic rings. The average Bonchev–Trinajstić information content (AvgIpc) is 3.36. The number of rotatable bonds is 4. The van der Waals surface area contributed by atoms with Gasteiger partial charge < -0.3 is 24.9 Å². The van der Waals surface area contributed by atoms with Crippen molar-refractivity contribution in [3.8, 4) is 0 Å². The van der Waals surface area contributed by atoms with Gasteiger partial charge in [0, 0.05) is 50.5 Å². The number of hydrogen-bond acceptors (Lipinski definition) is 6. The maximum atomic E-state index is 13.1. The normalized spacial score (nSPS) is 17.2. The maximum absolute atomic E-state index is 13.1. The lowest BCUT2D eigenvalue weighted by atomic mass is 10.1. The van der Waals surface area contributed by atoms with Crippen molar-refractivity contribution in [1.29, 1.82) is 0 Å². The molecule has 2 aromatic carbocycles. The molecule has 0 spiro atoms. The highest BCUT2D eigenvalue weighted by molar-refractivity contribution is 6.13. The number of likely N-dealkylation sites (tertiary alicyclic amines) is 1. The van der Waals surface area contributed by atoms with Crippen LogP contribution in [0.4, 0.5) is 28.6 Å². The van der Waals surface area contributed by atoms with Crippen molar-refractivity contribution in [1.82, 2.24) is 14.8 Å². The van der Waals surface area contributed by atoms with E-state index in [-0.39, 0.29) is 11.8 Å². The fourth-order valence-corrected chi connectivity index (χ4v) is 5.01. The Bertz CT molecular complexity index is 1340. The average molecular weight is 485 g/mol. The van der Waals surface area contributed by atoms with Crippen molar-refractivity contribution in [2.24, 2.45) is 0 Å². The van der Waals surface area contributed by atoms with Gasteiger partial charge in [-0.05, 0) is 63.3 Å². The molecular formula is C28H32N6O2. The number of anilines is 5. The second kappa shape index (κ2) is 9.28. The molecule has 0 saturated carbocycles. The Labute approximate surface area is 212 Å². The highest BCUT2D eigenvalue weighted by Crippen LogP contribution is 2.40. The Morgan fingerprint density at radius 2 is 1.81 bits per heavy atom. The second-order valence-electron chi connectivity index (χ2n) is 9.81. The molecule has 1 saturated heterocycles. The van der Waals surface area contributed by atoms with Crippen molar-refractivity contribution >= 4 is 40.4 Å². The van der Waals surface area contributed by atoms with E-state index >= 15 is 0 Å². The van der Waals surface area contributed by atoms with Crippen LogP contribution >= 0.6 is 0 Å². The number of carbonyl (C=O) groups excluding carboxylic acids is 2. The van der Waals surface area contributed by atoms with E-state index in [0.29, 0.717) is 23.0 Å². The predicted octanol–water partition coefficient (Wildman–Crippen LogP) is 4.27. The fourth-order valence-electron chi connectivity index (χ4n) is 5.01. The minimum Gasteiger partial charge on any atom is -0.342 e. The molecule has 0 unspecified atom stereocenters. The Hall–Kier alpha value is -3.91. The molecule has 186 valence electrons. The van der Waals surface area contributed by atoms with Crippen LogP contribution in [0.1, 0.15) is 32.7 Å². The molecule has 0 bridgehead atoms. The first-order chi connectivity index (χ1) is 17.2. The Morgan fingerprint density at radius 3 is 2.53 bits per heavy atom. The van der Waals surface area contributed by atoms with Crippen molar-refractivity contribution in [3.63, 3.8) is 0 Å². The molecule has 2 amide bonds. The number of benzene rings is 2. The first-order valence-corrected chi connectivity index (χ1v) is 12.2. The number of para-hydroxylation sites is 1. The van der Waals surface area contributed by atoms with Crippen LogP contribution < -0.4 is 15.1 Å². The van der Waals surface area contributed by atoms with Crippen LogP contribution in [-0.4, -0.2) is 73.9 Å². The standard InChI is InChI=1S/C28H32N6O2/c1-18-14-19(27(35)34-13-12-20(17-34)31(2)3)10-11-22(18)30-26-15-24-25(16-29-26)33(5)28(36)21-8-6-7-9-23(21)32(24)4/h6-11,14-16,20H,12-13,17H2,1-5H3,(H,29,30)/t20-/m1/s1. The Kier molecular flexibility index (Phi) is 6.14. The SMILES string of the molecule is Cc1cc(C(=O)N2CC[C@@H](N(C)C)C2)ccc1Nc1cc2c(cn1)N(C)C(=O)c1ccccc1N2C. The second-order valence-corrected chi connectivity index (χ2v) is 9.81. The maximum Gasteiger partial charge on any atom is 0.260 e. The molecule has 3 heterocycles. The fraction of sp³-hybridized carbons (Fsp3) is 0.321. The molecule has 2 aliphatic heterocycles. The number of likely N-dealkylation sites (N-methyl/N-ethyl adjacent to an activating group) is 1. The minimum atomic E-state index is -0.0651. The number of nitrogens with zero attached hydrogens (tertiary/aromatic N) is 5. The molecule has 8 nitrogen and oxygen atoms in total. The third kappa shape index (κ3) is 4.18. The van der Waals surface area contributed by atoms with Gasteiger partial charge >= 0.3 is 0 Å². The quantitative estimate of drug-likeness (QED) is 0.597. The zero-order chi connectivity index (χ0) is 25.6. The third-order valence-electron chi connectivity index (χ3n) is 7.30. The summed E-state index contributed by atoms with van der Waals surface area (Å²) in [6.45, 7) is 3.54. The molecule has 2 aliphatic rings. The summed E-state index contributed by atoms with van der Waals surface area (Å²) in [6, 6.07) is 15.7. The van der Waals surface area contributed by atoms with Gasteiger partial charge in [-0.15, -0.1) is 0 Å². The van der Waals surface area contributed by atoms with Crippen molar-refractivity contribution in [3.05, 3.63) is 71.4 Å². The highest BCUT2D eigenvalue weighted by atomic mass is 16.2. The predicted molar refractivity (Wildman–Crippen MR) is 144 cm³/mol. The number of aryl methyl sites for hydroxylation is 1. The van der Waals surface area contributed by atoms with E-state index in [4.69, 9.17) is 0 Å². The number of hydrogen-bond donors (Lipinski definition) is 1. The molecule has 5 rings (SSSR count). The summed E-state index contributed by atoms with van der Waals surface area (Å²) in [5, 5.41) is 3.40. The number of carbonyl (C=O) groups is 2. The van der Waals surface area contributed by atoms with Gasteiger partial charge in [0.05, 0.1) is 28.8 Å². The van der Waals surface area contributed by atoms with E-state index in [1.54, 1.807) is 18.1 Å². The number of aromatic nitrogens is 1. The molecule has 1 aromatic heterocycles. The summed E-state index contributed by atoms with van der Waals surface area (Å²) in [4.78, 5) is 38.4. The first kappa shape index (κ1) is 23.8. The van der Waals surface area contributed by atoms with Crippen LogP contribution in [0.3, 0.4) is 0 Å². The summed E-state index contributed by atoms with van der Waals surface area (Å²) in [5.41, 5.74) is 5.66. The third-order valence-corrected chi connectivity index (χ3v) is 7.30. The number of nitrogens with one attached hydrogen (secondary N) is 1. The highest BCUT2D eigenvalue weighted by Gasteiger charge is 2.29. The van der Waals surface area contributed by atoms with E-state index in [9.17, 15) is 9.59 Å². The van der Waals surface area contributed by atoms with Gasteiger partial charge in [-0.25, -0.2) is 4.98 Å². The van der Waals surface area contributed by atoms with Crippen LogP contribution in [0, 0.1) is 6.92 Å². The van der Waals surface area contributed by atoms with Gasteiger partial charge in [0.1, 0.15) is 5.82 Å². The van der Waals surface area contributed by atoms with Crippen LogP contribution in [0.25, 0.3) is 0 Å². The van der Waals surface area contributed by atoms with Crippen LogP contribution in [0.2, 0.25) is 0 Å². The van der Waals surface area contributed by atoms with Gasteiger partial charge in [-0.1, -0.05) is 12.1 Å². The lowest BCUT2D eigenvalue weighted by Gasteiger charge is -2.23. The topological polar surface area (TPSA) is 72.0 Å². The van der Waals surface area contributed by atoms with Crippen LogP contribution in [0.5, 0.6) is 0 Å². The molecule has 1 fully saturated rings. The number of fused-ring (bicyclic) bond motifs is 2. The summed E-state index contributed by atoms with van der Waals surface area (Å²) < 4.78 is 0. The molecular weight excluding hydrogens is 452 g/mol. The zero-order valence-corrected chi connectivity index (χ0v) is 21.4. The first-order valence-electron chi connectivity index (χ1n) is 12.2. The molecule has 8 heteroatoms. The number of pyridine rings is 1. The van der Waals surface area contributed by atoms with E-state index in [1.165, 1.54) is 0 Å². The Morgan fingerprint density at radius 1 is 1.03 bits per heavy atom. The van der Waals surface area contributed by atoms with Crippen molar-refractivity contribution in [2.45, 2.75) is 19.4 Å². The van der Waals surface area contributed by atoms with Gasteiger partial charge in [0.2, 0.25) is 0 Å². The smallest absolute Gasteiger partial charge is 0.260 e. The van der Waals surface area contributed by atoms with Gasteiger partial charge in [-0.2, -0.15) is 0 Å². The van der Waals surface area contributed by atoms with Gasteiger partial charge in [0.15, 0.2) is 0 Å². The van der Waals surface area contributed by atoms with E-state index in [1.807, 2.05) is 72.3 Å². The molecule has 0 aliphatic carbocycles. The van der Waals surface area contributed by atoms with Gasteiger partial charge in [0.25, 0.3) is 11.8 Å².